The number of hydrogen-bond donors (Lipinski definition) is 1. The number of fused-ring (bicyclic) bond motifs is 1. The smallest absolute Gasteiger partial charge is 0.274 e. The minimum Gasteiger partial charge on any atom is -0.337 e. The highest BCUT2D eigenvalue weighted by Gasteiger charge is 2.35. The number of likely N-dealkylation sites (tertiary alicyclic amines) is 1. The van der Waals surface area contributed by atoms with E-state index in [1.165, 1.54) is 0 Å². The number of nitrogens with zero attached hydrogens (tertiary/aromatic N) is 5. The second-order valence-electron chi connectivity index (χ2n) is 6.99. The summed E-state index contributed by atoms with van der Waals surface area (Å²) >= 11 is 0. The Morgan fingerprint density at radius 2 is 2.19 bits per heavy atom. The molecule has 2 amide bonds. The van der Waals surface area contributed by atoms with Gasteiger partial charge in [0.2, 0.25) is 0 Å². The monoisotopic (exact) mass is 356 g/mol. The summed E-state index contributed by atoms with van der Waals surface area (Å²) in [6.45, 7) is 7.13. The first kappa shape index (κ1) is 16.8. The quantitative estimate of drug-likeness (QED) is 0.901. The lowest BCUT2D eigenvalue weighted by Crippen LogP contribution is -2.43. The van der Waals surface area contributed by atoms with Gasteiger partial charge in [-0.25, -0.2) is 4.98 Å². The molecule has 1 N–H and O–H groups in total. The highest BCUT2D eigenvalue weighted by atomic mass is 16.2. The van der Waals surface area contributed by atoms with Crippen LogP contribution in [0.4, 0.5) is 0 Å². The largest absolute Gasteiger partial charge is 0.337 e. The van der Waals surface area contributed by atoms with E-state index in [1.807, 2.05) is 29.4 Å². The fourth-order valence-corrected chi connectivity index (χ4v) is 4.04. The van der Waals surface area contributed by atoms with Crippen LogP contribution in [-0.4, -0.2) is 67.5 Å². The second-order valence-corrected chi connectivity index (χ2v) is 6.99. The molecule has 2 aliphatic heterocycles. The third-order valence-electron chi connectivity index (χ3n) is 5.50. The maximum Gasteiger partial charge on any atom is 0.274 e. The van der Waals surface area contributed by atoms with E-state index in [-0.39, 0.29) is 17.7 Å². The molecule has 1 atom stereocenters. The van der Waals surface area contributed by atoms with Gasteiger partial charge in [-0.05, 0) is 32.8 Å². The molecule has 0 aromatic carbocycles. The molecular weight excluding hydrogens is 332 g/mol. The topological polar surface area (TPSA) is 87.1 Å². The van der Waals surface area contributed by atoms with E-state index >= 15 is 0 Å². The van der Waals surface area contributed by atoms with Gasteiger partial charge in [0.05, 0.1) is 0 Å². The fourth-order valence-electron chi connectivity index (χ4n) is 4.04. The van der Waals surface area contributed by atoms with Gasteiger partial charge in [-0.3, -0.25) is 14.7 Å². The molecule has 2 aromatic heterocycles. The van der Waals surface area contributed by atoms with Crippen LogP contribution in [0.25, 0.3) is 0 Å². The number of nitrogens with one attached hydrogen (secondary N) is 1. The van der Waals surface area contributed by atoms with Crippen LogP contribution in [0.15, 0.2) is 12.3 Å². The Bertz CT molecular complexity index is 825. The zero-order valence-electron chi connectivity index (χ0n) is 15.2. The predicted octanol–water partition coefficient (Wildman–Crippen LogP) is 1.41. The van der Waals surface area contributed by atoms with Crippen LogP contribution in [0.1, 0.15) is 58.2 Å². The Morgan fingerprint density at radius 3 is 2.92 bits per heavy atom. The molecule has 0 aliphatic carbocycles. The van der Waals surface area contributed by atoms with Crippen molar-refractivity contribution in [2.45, 2.75) is 39.2 Å². The maximum atomic E-state index is 13.2. The van der Waals surface area contributed by atoms with Gasteiger partial charge >= 0.3 is 0 Å². The summed E-state index contributed by atoms with van der Waals surface area (Å²) < 4.78 is 1.89. The summed E-state index contributed by atoms with van der Waals surface area (Å²) in [5, 5.41) is 7.03. The summed E-state index contributed by atoms with van der Waals surface area (Å²) in [4.78, 5) is 34.1. The molecule has 138 valence electrons. The van der Waals surface area contributed by atoms with Crippen molar-refractivity contribution < 1.29 is 9.59 Å². The number of aromatic nitrogens is 4. The summed E-state index contributed by atoms with van der Waals surface area (Å²) in [6.07, 6.45) is 3.69. The number of rotatable bonds is 3. The minimum absolute atomic E-state index is 0.0928. The Morgan fingerprint density at radius 1 is 1.35 bits per heavy atom. The number of carbonyl (C=O) groups excluding carboxylic acids is 2. The van der Waals surface area contributed by atoms with Crippen LogP contribution in [0.3, 0.4) is 0 Å². The lowest BCUT2D eigenvalue weighted by molar-refractivity contribution is 0.0662. The maximum absolute atomic E-state index is 13.2. The van der Waals surface area contributed by atoms with Crippen molar-refractivity contribution in [2.75, 3.05) is 26.2 Å². The van der Waals surface area contributed by atoms with E-state index in [2.05, 4.69) is 15.2 Å². The Hall–Kier alpha value is -2.64. The number of amides is 2. The number of imidazole rings is 1. The summed E-state index contributed by atoms with van der Waals surface area (Å²) in [7, 11) is 0. The zero-order valence-corrected chi connectivity index (χ0v) is 15.2. The Balaban J connectivity index is 1.62. The zero-order chi connectivity index (χ0) is 18.3. The normalized spacial score (nSPS) is 20.4. The number of H-pyrrole nitrogens is 1. The first-order valence-corrected chi connectivity index (χ1v) is 9.25. The van der Waals surface area contributed by atoms with Gasteiger partial charge in [0.15, 0.2) is 5.69 Å². The van der Waals surface area contributed by atoms with E-state index in [0.717, 1.165) is 24.4 Å². The number of piperidine rings is 1. The van der Waals surface area contributed by atoms with E-state index in [1.54, 1.807) is 11.1 Å². The molecule has 26 heavy (non-hydrogen) atoms. The third-order valence-corrected chi connectivity index (χ3v) is 5.50. The molecule has 2 aliphatic rings. The first-order chi connectivity index (χ1) is 12.6. The van der Waals surface area contributed by atoms with Crippen molar-refractivity contribution in [3.8, 4) is 0 Å². The van der Waals surface area contributed by atoms with Crippen molar-refractivity contribution >= 4 is 11.8 Å². The molecular formula is C18H24N6O2. The molecule has 8 nitrogen and oxygen atoms in total. The predicted molar refractivity (Wildman–Crippen MR) is 95.0 cm³/mol. The number of carbonyl (C=O) groups is 2. The third kappa shape index (κ3) is 2.69. The number of likely N-dealkylation sites (N-methyl/N-ethyl adjacent to an activating group) is 1. The summed E-state index contributed by atoms with van der Waals surface area (Å²) in [6, 6.07) is 1.96. The number of hydrogen-bond acceptors (Lipinski definition) is 4. The van der Waals surface area contributed by atoms with Gasteiger partial charge in [0.25, 0.3) is 11.8 Å². The van der Waals surface area contributed by atoms with Gasteiger partial charge in [0, 0.05) is 50.5 Å². The molecule has 4 rings (SSSR count). The number of aryl methyl sites for hydroxylation is 1. The van der Waals surface area contributed by atoms with Gasteiger partial charge in [0.1, 0.15) is 11.5 Å². The van der Waals surface area contributed by atoms with Crippen LogP contribution in [0.5, 0.6) is 0 Å². The first-order valence-electron chi connectivity index (χ1n) is 9.25. The van der Waals surface area contributed by atoms with Crippen LogP contribution in [-0.2, 0) is 6.54 Å². The van der Waals surface area contributed by atoms with E-state index in [9.17, 15) is 9.59 Å². The van der Waals surface area contributed by atoms with E-state index < -0.39 is 0 Å². The standard InChI is InChI=1S/C18H24N6O2/c1-3-22-9-10-24-12(2)20-15(16(24)18(22)26)17(25)23-8-4-5-13(11-23)14-6-7-19-21-14/h6-7,13H,3-5,8-11H2,1-2H3,(H,19,21). The molecule has 1 unspecified atom stereocenters. The van der Waals surface area contributed by atoms with Gasteiger partial charge in [-0.15, -0.1) is 0 Å². The van der Waals surface area contributed by atoms with Crippen molar-refractivity contribution in [3.05, 3.63) is 35.2 Å². The van der Waals surface area contributed by atoms with Crippen LogP contribution in [0.2, 0.25) is 0 Å². The molecule has 0 bridgehead atoms. The van der Waals surface area contributed by atoms with Crippen LogP contribution >= 0.6 is 0 Å². The second kappa shape index (κ2) is 6.59. The highest BCUT2D eigenvalue weighted by Crippen LogP contribution is 2.27. The fraction of sp³-hybridized carbons (Fsp3) is 0.556. The van der Waals surface area contributed by atoms with Crippen LogP contribution < -0.4 is 0 Å². The SMILES string of the molecule is CCN1CCn2c(C)nc(C(=O)N3CCCC(c4ccn[nH]4)C3)c2C1=O. The minimum atomic E-state index is -0.141. The van der Waals surface area contributed by atoms with Crippen LogP contribution in [0, 0.1) is 6.92 Å². The van der Waals surface area contributed by atoms with E-state index in [0.29, 0.717) is 44.1 Å². The molecule has 2 aromatic rings. The Labute approximate surface area is 152 Å². The lowest BCUT2D eigenvalue weighted by atomic mass is 9.94. The number of aromatic amines is 1. The van der Waals surface area contributed by atoms with E-state index in [4.69, 9.17) is 0 Å². The molecule has 1 saturated heterocycles. The van der Waals surface area contributed by atoms with Crippen molar-refractivity contribution in [1.82, 2.24) is 29.5 Å². The average molecular weight is 356 g/mol. The molecule has 4 heterocycles. The molecule has 0 spiro atoms. The average Bonchev–Trinajstić information content (AvgIpc) is 3.30. The molecule has 0 saturated carbocycles. The van der Waals surface area contributed by atoms with Crippen molar-refractivity contribution in [1.29, 1.82) is 0 Å². The summed E-state index contributed by atoms with van der Waals surface area (Å²) in [5.41, 5.74) is 1.80. The van der Waals surface area contributed by atoms with Crippen molar-refractivity contribution in [3.63, 3.8) is 0 Å². The Kier molecular flexibility index (Phi) is 4.26. The molecule has 8 heteroatoms. The summed E-state index contributed by atoms with van der Waals surface area (Å²) in [5.74, 6) is 0.745. The van der Waals surface area contributed by atoms with Gasteiger partial charge in [-0.2, -0.15) is 5.10 Å². The molecule has 0 radical (unpaired) electrons. The molecule has 1 fully saturated rings. The lowest BCUT2D eigenvalue weighted by Gasteiger charge is -2.32. The van der Waals surface area contributed by atoms with Gasteiger partial charge in [-0.1, -0.05) is 0 Å². The highest BCUT2D eigenvalue weighted by molar-refractivity contribution is 6.05. The van der Waals surface area contributed by atoms with Gasteiger partial charge < -0.3 is 14.4 Å². The van der Waals surface area contributed by atoms with Crippen molar-refractivity contribution in [2.24, 2.45) is 0 Å².